The molecule has 30 heavy (non-hydrogen) atoms. The summed E-state index contributed by atoms with van der Waals surface area (Å²) < 4.78 is 0. The summed E-state index contributed by atoms with van der Waals surface area (Å²) in [6.45, 7) is 5.69. The topological polar surface area (TPSA) is 55.8 Å². The predicted octanol–water partition coefficient (Wildman–Crippen LogP) is 3.26. The van der Waals surface area contributed by atoms with E-state index < -0.39 is 0 Å². The number of pyridine rings is 1. The molecule has 1 unspecified atom stereocenters. The monoisotopic (exact) mass is 412 g/mol. The largest absolute Gasteiger partial charge is 0.356 e. The minimum absolute atomic E-state index is 0.484. The fourth-order valence-electron chi connectivity index (χ4n) is 5.46. The Morgan fingerprint density at radius 3 is 2.60 bits per heavy atom. The van der Waals surface area contributed by atoms with Gasteiger partial charge in [0.05, 0.1) is 0 Å². The smallest absolute Gasteiger partial charge is 0.191 e. The van der Waals surface area contributed by atoms with E-state index in [-0.39, 0.29) is 0 Å². The molecule has 3 fully saturated rings. The third-order valence-corrected chi connectivity index (χ3v) is 7.25. The van der Waals surface area contributed by atoms with E-state index in [0.29, 0.717) is 12.1 Å². The zero-order valence-corrected chi connectivity index (χ0v) is 18.7. The van der Waals surface area contributed by atoms with Crippen molar-refractivity contribution < 1.29 is 0 Å². The normalized spacial score (nSPS) is 24.9. The van der Waals surface area contributed by atoms with Gasteiger partial charge in [0.25, 0.3) is 0 Å². The van der Waals surface area contributed by atoms with Gasteiger partial charge in [-0.2, -0.15) is 0 Å². The summed E-state index contributed by atoms with van der Waals surface area (Å²) >= 11 is 0. The lowest BCUT2D eigenvalue weighted by Crippen LogP contribution is -2.51. The van der Waals surface area contributed by atoms with Gasteiger partial charge in [0.2, 0.25) is 0 Å². The van der Waals surface area contributed by atoms with Crippen molar-refractivity contribution in [2.75, 3.05) is 44.7 Å². The molecule has 2 aliphatic heterocycles. The molecule has 6 heteroatoms. The summed E-state index contributed by atoms with van der Waals surface area (Å²) in [5.74, 6) is 3.00. The fraction of sp³-hybridized carbons (Fsp3) is 0.750. The number of guanidine groups is 1. The van der Waals surface area contributed by atoms with E-state index in [4.69, 9.17) is 0 Å². The van der Waals surface area contributed by atoms with E-state index in [0.717, 1.165) is 50.2 Å². The Kier molecular flexibility index (Phi) is 7.84. The van der Waals surface area contributed by atoms with Crippen LogP contribution in [0.5, 0.6) is 0 Å². The maximum absolute atomic E-state index is 4.51. The van der Waals surface area contributed by atoms with Crippen LogP contribution in [0.25, 0.3) is 0 Å². The van der Waals surface area contributed by atoms with E-state index in [9.17, 15) is 0 Å². The predicted molar refractivity (Wildman–Crippen MR) is 125 cm³/mol. The van der Waals surface area contributed by atoms with Gasteiger partial charge in [-0.05, 0) is 63.1 Å². The maximum atomic E-state index is 4.51. The highest BCUT2D eigenvalue weighted by molar-refractivity contribution is 5.80. The zero-order chi connectivity index (χ0) is 20.6. The quantitative estimate of drug-likeness (QED) is 0.555. The Balaban J connectivity index is 1.19. The summed E-state index contributed by atoms with van der Waals surface area (Å²) in [7, 11) is 1.90. The molecule has 0 radical (unpaired) electrons. The van der Waals surface area contributed by atoms with Crippen molar-refractivity contribution in [3.05, 3.63) is 24.4 Å². The Hall–Kier alpha value is -1.82. The van der Waals surface area contributed by atoms with Gasteiger partial charge in [-0.15, -0.1) is 0 Å². The lowest BCUT2D eigenvalue weighted by Gasteiger charge is -2.34. The molecular formula is C24H40N6. The number of rotatable bonds is 6. The first kappa shape index (κ1) is 21.4. The SMILES string of the molecule is CN=C(NCC1CCCN1CC1CCCCC1)NC1CCN(c2ccccn2)CC1. The van der Waals surface area contributed by atoms with Crippen molar-refractivity contribution in [1.29, 1.82) is 0 Å². The van der Waals surface area contributed by atoms with Crippen LogP contribution in [0.4, 0.5) is 5.82 Å². The van der Waals surface area contributed by atoms with Crippen molar-refractivity contribution in [3.63, 3.8) is 0 Å². The van der Waals surface area contributed by atoms with Crippen molar-refractivity contribution >= 4 is 11.8 Å². The summed E-state index contributed by atoms with van der Waals surface area (Å²) in [5, 5.41) is 7.31. The van der Waals surface area contributed by atoms with Crippen LogP contribution in [0.1, 0.15) is 57.8 Å². The number of hydrogen-bond acceptors (Lipinski definition) is 4. The molecule has 1 saturated carbocycles. The summed E-state index contributed by atoms with van der Waals surface area (Å²) in [6, 6.07) is 7.30. The zero-order valence-electron chi connectivity index (χ0n) is 18.7. The minimum atomic E-state index is 0.484. The first-order valence-electron chi connectivity index (χ1n) is 12.2. The molecule has 2 saturated heterocycles. The Morgan fingerprint density at radius 1 is 1.03 bits per heavy atom. The second-order valence-electron chi connectivity index (χ2n) is 9.34. The van der Waals surface area contributed by atoms with Gasteiger partial charge in [-0.3, -0.25) is 9.89 Å². The number of anilines is 1. The van der Waals surface area contributed by atoms with E-state index in [1.807, 2.05) is 19.3 Å². The van der Waals surface area contributed by atoms with Crippen LogP contribution in [0, 0.1) is 5.92 Å². The van der Waals surface area contributed by atoms with Crippen LogP contribution in [0.3, 0.4) is 0 Å². The number of piperidine rings is 1. The van der Waals surface area contributed by atoms with Gasteiger partial charge in [-0.1, -0.05) is 25.3 Å². The van der Waals surface area contributed by atoms with Gasteiger partial charge >= 0.3 is 0 Å². The first-order chi connectivity index (χ1) is 14.8. The van der Waals surface area contributed by atoms with Gasteiger partial charge in [0, 0.05) is 51.5 Å². The number of hydrogen-bond donors (Lipinski definition) is 2. The molecule has 4 rings (SSSR count). The molecule has 0 spiro atoms. The molecule has 6 nitrogen and oxygen atoms in total. The first-order valence-corrected chi connectivity index (χ1v) is 12.2. The molecule has 1 atom stereocenters. The molecule has 3 aliphatic rings. The molecule has 3 heterocycles. The van der Waals surface area contributed by atoms with Crippen LogP contribution < -0.4 is 15.5 Å². The van der Waals surface area contributed by atoms with E-state index in [2.05, 4.69) is 42.5 Å². The summed E-state index contributed by atoms with van der Waals surface area (Å²) in [6.07, 6.45) is 14.0. The molecule has 1 aliphatic carbocycles. The van der Waals surface area contributed by atoms with Crippen molar-refractivity contribution in [2.45, 2.75) is 69.9 Å². The molecule has 0 bridgehead atoms. The Labute approximate surface area is 182 Å². The molecule has 166 valence electrons. The van der Waals surface area contributed by atoms with Crippen molar-refractivity contribution in [1.82, 2.24) is 20.5 Å². The number of likely N-dealkylation sites (tertiary alicyclic amines) is 1. The Morgan fingerprint density at radius 2 is 1.87 bits per heavy atom. The standard InChI is InChI=1S/C24H40N6/c1-25-24(28-21-12-16-29(17-13-21)23-11-5-6-14-26-23)27-18-22-10-7-15-30(22)19-20-8-3-2-4-9-20/h5-6,11,14,20-22H,2-4,7-10,12-13,15-19H2,1H3,(H2,25,27,28). The average Bonchev–Trinajstić information content (AvgIpc) is 3.25. The van der Waals surface area contributed by atoms with Crippen LogP contribution in [0.15, 0.2) is 29.4 Å². The second-order valence-corrected chi connectivity index (χ2v) is 9.34. The number of nitrogens with zero attached hydrogens (tertiary/aromatic N) is 4. The molecule has 1 aromatic rings. The van der Waals surface area contributed by atoms with Gasteiger partial charge < -0.3 is 15.5 Å². The highest BCUT2D eigenvalue weighted by Gasteiger charge is 2.28. The number of aromatic nitrogens is 1. The van der Waals surface area contributed by atoms with Gasteiger partial charge in [-0.25, -0.2) is 4.98 Å². The highest BCUT2D eigenvalue weighted by atomic mass is 15.2. The Bertz CT molecular complexity index is 649. The fourth-order valence-corrected chi connectivity index (χ4v) is 5.46. The van der Waals surface area contributed by atoms with Crippen molar-refractivity contribution in [2.24, 2.45) is 10.9 Å². The number of aliphatic imine (C=N–C) groups is 1. The molecular weight excluding hydrogens is 372 g/mol. The van der Waals surface area contributed by atoms with E-state index in [1.54, 1.807) is 0 Å². The van der Waals surface area contributed by atoms with E-state index in [1.165, 1.54) is 58.0 Å². The highest BCUT2D eigenvalue weighted by Crippen LogP contribution is 2.27. The molecule has 1 aromatic heterocycles. The lowest BCUT2D eigenvalue weighted by atomic mass is 9.89. The molecule has 0 amide bonds. The summed E-state index contributed by atoms with van der Waals surface area (Å²) in [4.78, 5) is 14.1. The second kappa shape index (κ2) is 11.0. The number of nitrogens with one attached hydrogen (secondary N) is 2. The van der Waals surface area contributed by atoms with E-state index >= 15 is 0 Å². The third-order valence-electron chi connectivity index (χ3n) is 7.25. The minimum Gasteiger partial charge on any atom is -0.356 e. The van der Waals surface area contributed by atoms with Crippen molar-refractivity contribution in [3.8, 4) is 0 Å². The maximum Gasteiger partial charge on any atom is 0.191 e. The van der Waals surface area contributed by atoms with Gasteiger partial charge in [0.1, 0.15) is 5.82 Å². The molecule has 0 aromatic carbocycles. The van der Waals surface area contributed by atoms with Crippen LogP contribution in [0.2, 0.25) is 0 Å². The third kappa shape index (κ3) is 5.87. The lowest BCUT2D eigenvalue weighted by molar-refractivity contribution is 0.188. The van der Waals surface area contributed by atoms with Crippen LogP contribution in [-0.2, 0) is 0 Å². The molecule has 2 N–H and O–H groups in total. The van der Waals surface area contributed by atoms with Gasteiger partial charge in [0.15, 0.2) is 5.96 Å². The average molecular weight is 413 g/mol. The van der Waals surface area contributed by atoms with Crippen LogP contribution in [-0.4, -0.2) is 67.7 Å². The summed E-state index contributed by atoms with van der Waals surface area (Å²) in [5.41, 5.74) is 0. The van der Waals surface area contributed by atoms with Crippen LogP contribution >= 0.6 is 0 Å².